The van der Waals surface area contributed by atoms with E-state index in [9.17, 15) is 19.2 Å². The molecule has 0 aliphatic carbocycles. The predicted molar refractivity (Wildman–Crippen MR) is 126 cm³/mol. The molecule has 2 aromatic heterocycles. The number of rotatable bonds is 8. The summed E-state index contributed by atoms with van der Waals surface area (Å²) in [4.78, 5) is 59.2. The fourth-order valence-corrected chi connectivity index (χ4v) is 4.48. The molecule has 2 aliphatic heterocycles. The number of nitrogens with zero attached hydrogens (tertiary/aromatic N) is 5. The Hall–Kier alpha value is -4.35. The van der Waals surface area contributed by atoms with Crippen molar-refractivity contribution in [1.82, 2.24) is 30.0 Å². The molecule has 1 aromatic carbocycles. The molecular weight excluding hydrogens is 452 g/mol. The molecule has 1 atom stereocenters. The molecule has 3 N–H and O–H groups in total. The number of carbonyl (C=O) groups excluding carboxylic acids is 4. The molecular formula is C23H24N8O4. The fraction of sp³-hybridized carbons (Fsp3) is 0.348. The van der Waals surface area contributed by atoms with Gasteiger partial charge in [0.05, 0.1) is 17.3 Å². The quantitative estimate of drug-likeness (QED) is 0.320. The number of unbranched alkanes of at least 4 members (excludes halogenated alkanes) is 1. The van der Waals surface area contributed by atoms with Gasteiger partial charge in [0.15, 0.2) is 5.82 Å². The van der Waals surface area contributed by atoms with Crippen LogP contribution in [0.2, 0.25) is 0 Å². The third-order valence-electron chi connectivity index (χ3n) is 6.21. The Morgan fingerprint density at radius 2 is 1.86 bits per heavy atom. The summed E-state index contributed by atoms with van der Waals surface area (Å²) in [6, 6.07) is 4.05. The Morgan fingerprint density at radius 3 is 2.66 bits per heavy atom. The van der Waals surface area contributed by atoms with Gasteiger partial charge in [-0.2, -0.15) is 5.10 Å². The Kier molecular flexibility index (Phi) is 5.85. The third kappa shape index (κ3) is 4.07. The van der Waals surface area contributed by atoms with Crippen LogP contribution in [-0.4, -0.2) is 67.4 Å². The second-order valence-corrected chi connectivity index (χ2v) is 8.46. The van der Waals surface area contributed by atoms with E-state index in [0.29, 0.717) is 18.8 Å². The molecule has 1 saturated heterocycles. The van der Waals surface area contributed by atoms with Crippen LogP contribution in [0.3, 0.4) is 0 Å². The lowest BCUT2D eigenvalue weighted by atomic mass is 10.0. The van der Waals surface area contributed by atoms with E-state index >= 15 is 0 Å². The number of anilines is 2. The first-order valence-electron chi connectivity index (χ1n) is 11.4. The molecule has 5 rings (SSSR count). The summed E-state index contributed by atoms with van der Waals surface area (Å²) in [5, 5.41) is 13.0. The van der Waals surface area contributed by atoms with Gasteiger partial charge in [-0.25, -0.2) is 9.97 Å². The van der Waals surface area contributed by atoms with Crippen LogP contribution in [0.4, 0.5) is 11.5 Å². The van der Waals surface area contributed by atoms with E-state index in [2.05, 4.69) is 31.0 Å². The maximum Gasteiger partial charge on any atom is 0.264 e. The molecule has 1 unspecified atom stereocenters. The highest BCUT2D eigenvalue weighted by Crippen LogP contribution is 2.32. The van der Waals surface area contributed by atoms with Crippen LogP contribution in [0.15, 0.2) is 30.7 Å². The molecule has 4 amide bonds. The lowest BCUT2D eigenvalue weighted by molar-refractivity contribution is -0.136. The van der Waals surface area contributed by atoms with Gasteiger partial charge in [-0.3, -0.25) is 34.1 Å². The number of benzene rings is 1. The molecule has 0 bridgehead atoms. The zero-order valence-electron chi connectivity index (χ0n) is 19.1. The van der Waals surface area contributed by atoms with Crippen LogP contribution in [0.1, 0.15) is 46.4 Å². The number of fused-ring (bicyclic) bond motifs is 2. The van der Waals surface area contributed by atoms with Crippen LogP contribution in [0.5, 0.6) is 0 Å². The lowest BCUT2D eigenvalue weighted by Gasteiger charge is -2.27. The number of aromatic nitrogens is 4. The molecule has 0 spiro atoms. The number of imide groups is 2. The zero-order valence-corrected chi connectivity index (χ0v) is 19.1. The van der Waals surface area contributed by atoms with E-state index < -0.39 is 29.7 Å². The summed E-state index contributed by atoms with van der Waals surface area (Å²) in [6.45, 7) is 1.27. The van der Waals surface area contributed by atoms with E-state index in [1.54, 1.807) is 29.1 Å². The van der Waals surface area contributed by atoms with Crippen LogP contribution in [-0.2, 0) is 16.6 Å². The largest absolute Gasteiger partial charge is 0.384 e. The van der Waals surface area contributed by atoms with Crippen molar-refractivity contribution in [3.8, 4) is 0 Å². The Morgan fingerprint density at radius 1 is 1.06 bits per heavy atom. The lowest BCUT2D eigenvalue weighted by Crippen LogP contribution is -2.54. The first kappa shape index (κ1) is 22.4. The van der Waals surface area contributed by atoms with Crippen molar-refractivity contribution in [3.05, 3.63) is 41.9 Å². The summed E-state index contributed by atoms with van der Waals surface area (Å²) in [5.74, 6) is -1.33. The van der Waals surface area contributed by atoms with Crippen molar-refractivity contribution in [2.24, 2.45) is 7.05 Å². The van der Waals surface area contributed by atoms with Gasteiger partial charge in [-0.15, -0.1) is 0 Å². The molecule has 4 heterocycles. The molecule has 12 nitrogen and oxygen atoms in total. The molecule has 1 fully saturated rings. The van der Waals surface area contributed by atoms with Gasteiger partial charge in [0.2, 0.25) is 11.8 Å². The molecule has 0 radical (unpaired) electrons. The number of piperidine rings is 1. The number of hydrogen-bond donors (Lipinski definition) is 3. The van der Waals surface area contributed by atoms with Crippen molar-refractivity contribution in [1.29, 1.82) is 0 Å². The van der Waals surface area contributed by atoms with Gasteiger partial charge in [0, 0.05) is 32.2 Å². The summed E-state index contributed by atoms with van der Waals surface area (Å²) >= 11 is 0. The highest BCUT2D eigenvalue weighted by molar-refractivity contribution is 6.25. The molecule has 12 heteroatoms. The highest BCUT2D eigenvalue weighted by Gasteiger charge is 2.45. The minimum Gasteiger partial charge on any atom is -0.384 e. The van der Waals surface area contributed by atoms with E-state index in [0.717, 1.165) is 34.6 Å². The van der Waals surface area contributed by atoms with E-state index in [4.69, 9.17) is 0 Å². The van der Waals surface area contributed by atoms with Crippen molar-refractivity contribution in [3.63, 3.8) is 0 Å². The summed E-state index contributed by atoms with van der Waals surface area (Å²) in [7, 11) is 1.84. The second-order valence-electron chi connectivity index (χ2n) is 8.46. The van der Waals surface area contributed by atoms with Crippen molar-refractivity contribution < 1.29 is 19.2 Å². The predicted octanol–water partition coefficient (Wildman–Crippen LogP) is 1.07. The first-order valence-corrected chi connectivity index (χ1v) is 11.4. The van der Waals surface area contributed by atoms with E-state index in [1.165, 1.54) is 6.33 Å². The van der Waals surface area contributed by atoms with Crippen LogP contribution in [0, 0.1) is 0 Å². The average molecular weight is 476 g/mol. The number of amides is 4. The second kappa shape index (κ2) is 9.12. The van der Waals surface area contributed by atoms with Gasteiger partial charge in [-0.05, 0) is 31.4 Å². The highest BCUT2D eigenvalue weighted by atomic mass is 16.2. The number of aryl methyl sites for hydroxylation is 1. The molecule has 3 aromatic rings. The van der Waals surface area contributed by atoms with Gasteiger partial charge >= 0.3 is 0 Å². The minimum absolute atomic E-state index is 0.0874. The maximum atomic E-state index is 13.1. The normalized spacial score (nSPS) is 17.6. The number of hydrogen-bond acceptors (Lipinski definition) is 9. The summed E-state index contributed by atoms with van der Waals surface area (Å²) in [5.41, 5.74) is 2.69. The molecule has 180 valence electrons. The van der Waals surface area contributed by atoms with Gasteiger partial charge in [0.25, 0.3) is 11.8 Å². The molecule has 0 saturated carbocycles. The monoisotopic (exact) mass is 476 g/mol. The summed E-state index contributed by atoms with van der Waals surface area (Å²) < 4.78 is 1.73. The Labute approximate surface area is 200 Å². The van der Waals surface area contributed by atoms with Crippen LogP contribution >= 0.6 is 0 Å². The summed E-state index contributed by atoms with van der Waals surface area (Å²) in [6.07, 6.45) is 5.04. The third-order valence-corrected chi connectivity index (χ3v) is 6.21. The topological polar surface area (TPSA) is 151 Å². The van der Waals surface area contributed by atoms with Gasteiger partial charge < -0.3 is 10.6 Å². The van der Waals surface area contributed by atoms with E-state index in [1.807, 2.05) is 7.05 Å². The maximum absolute atomic E-state index is 13.1. The molecule has 35 heavy (non-hydrogen) atoms. The SMILES string of the molecule is Cn1ncc2ncnc(NCCCCNc3cccc4c3C(=O)N(C3CCC(=O)NC3=O)C4=O)c21. The average Bonchev–Trinajstić information content (AvgIpc) is 3.35. The Balaban J connectivity index is 1.18. The van der Waals surface area contributed by atoms with Gasteiger partial charge in [-0.1, -0.05) is 6.07 Å². The van der Waals surface area contributed by atoms with E-state index in [-0.39, 0.29) is 24.0 Å². The number of nitrogens with one attached hydrogen (secondary N) is 3. The molecule has 2 aliphatic rings. The standard InChI is InChI=1S/C23H24N8O4/c1-30-19-15(11-28-30)26-12-27-20(19)25-10-3-2-9-24-14-6-4-5-13-18(14)23(35)31(22(13)34)16-7-8-17(32)29-21(16)33/h4-6,11-12,16,24H,2-3,7-10H2,1H3,(H,25,26,27)(H,29,32,33). The zero-order chi connectivity index (χ0) is 24.5. The fourth-order valence-electron chi connectivity index (χ4n) is 4.48. The number of carbonyl (C=O) groups is 4. The van der Waals surface area contributed by atoms with Crippen LogP contribution in [0.25, 0.3) is 11.0 Å². The van der Waals surface area contributed by atoms with Crippen LogP contribution < -0.4 is 16.0 Å². The minimum atomic E-state index is -0.980. The Bertz CT molecular complexity index is 1350. The van der Waals surface area contributed by atoms with Crippen molar-refractivity contribution in [2.75, 3.05) is 23.7 Å². The van der Waals surface area contributed by atoms with Crippen molar-refractivity contribution in [2.45, 2.75) is 31.7 Å². The van der Waals surface area contributed by atoms with Gasteiger partial charge in [0.1, 0.15) is 23.4 Å². The van der Waals surface area contributed by atoms with Crippen molar-refractivity contribution >= 4 is 46.2 Å². The first-order chi connectivity index (χ1) is 17.0. The smallest absolute Gasteiger partial charge is 0.264 e.